The summed E-state index contributed by atoms with van der Waals surface area (Å²) in [4.78, 5) is 15.0. The smallest absolute Gasteiger partial charge is 0.240 e. The van der Waals surface area contributed by atoms with Gasteiger partial charge >= 0.3 is 0 Å². The number of carbonyl (C=O) groups is 1. The van der Waals surface area contributed by atoms with Crippen molar-refractivity contribution in [2.45, 2.75) is 51.1 Å². The number of nitrogens with one attached hydrogen (secondary N) is 1. The molecule has 2 fully saturated rings. The SMILES string of the molecule is CCC1CCNC(C(=O)N2CCCC2c2ccsc2)C1. The summed E-state index contributed by atoms with van der Waals surface area (Å²) in [5, 5.41) is 7.74. The van der Waals surface area contributed by atoms with E-state index in [-0.39, 0.29) is 6.04 Å². The van der Waals surface area contributed by atoms with Crippen LogP contribution in [0.5, 0.6) is 0 Å². The molecule has 1 aromatic rings. The maximum atomic E-state index is 12.8. The van der Waals surface area contributed by atoms with E-state index in [0.29, 0.717) is 17.9 Å². The third kappa shape index (κ3) is 2.77. The van der Waals surface area contributed by atoms with Crippen LogP contribution < -0.4 is 5.32 Å². The Morgan fingerprint density at radius 3 is 3.15 bits per heavy atom. The second-order valence-electron chi connectivity index (χ2n) is 6.05. The molecule has 2 aliphatic rings. The highest BCUT2D eigenvalue weighted by atomic mass is 32.1. The van der Waals surface area contributed by atoms with Crippen molar-refractivity contribution >= 4 is 17.2 Å². The van der Waals surface area contributed by atoms with Gasteiger partial charge < -0.3 is 10.2 Å². The normalized spacial score (nSPS) is 30.6. The molecule has 2 saturated heterocycles. The molecular formula is C16H24N2OS. The molecule has 0 spiro atoms. The van der Waals surface area contributed by atoms with Crippen molar-refractivity contribution in [2.24, 2.45) is 5.92 Å². The summed E-state index contributed by atoms with van der Waals surface area (Å²) in [5.74, 6) is 1.05. The molecule has 3 rings (SSSR count). The van der Waals surface area contributed by atoms with Gasteiger partial charge in [-0.15, -0.1) is 0 Å². The molecule has 3 heterocycles. The second-order valence-corrected chi connectivity index (χ2v) is 6.83. The number of piperidine rings is 1. The summed E-state index contributed by atoms with van der Waals surface area (Å²) in [6.45, 7) is 4.15. The van der Waals surface area contributed by atoms with Crippen molar-refractivity contribution in [3.05, 3.63) is 22.4 Å². The Morgan fingerprint density at radius 2 is 2.40 bits per heavy atom. The van der Waals surface area contributed by atoms with Crippen molar-refractivity contribution < 1.29 is 4.79 Å². The third-order valence-corrected chi connectivity index (χ3v) is 5.55. The molecule has 20 heavy (non-hydrogen) atoms. The maximum absolute atomic E-state index is 12.8. The lowest BCUT2D eigenvalue weighted by Gasteiger charge is -2.34. The van der Waals surface area contributed by atoms with Crippen LogP contribution in [0.1, 0.15) is 50.6 Å². The number of nitrogens with zero attached hydrogens (tertiary/aromatic N) is 1. The van der Waals surface area contributed by atoms with Gasteiger partial charge in [0.15, 0.2) is 0 Å². The third-order valence-electron chi connectivity index (χ3n) is 4.85. The standard InChI is InChI=1S/C16H24N2OS/c1-2-12-5-7-17-14(10-12)16(19)18-8-3-4-15(18)13-6-9-20-11-13/h6,9,11-12,14-15,17H,2-5,7-8,10H2,1H3. The van der Waals surface area contributed by atoms with E-state index in [1.807, 2.05) is 0 Å². The van der Waals surface area contributed by atoms with Crippen molar-refractivity contribution in [3.8, 4) is 0 Å². The lowest BCUT2D eigenvalue weighted by molar-refractivity contribution is -0.135. The number of likely N-dealkylation sites (tertiary alicyclic amines) is 1. The zero-order valence-electron chi connectivity index (χ0n) is 12.2. The molecule has 1 N–H and O–H groups in total. The van der Waals surface area contributed by atoms with Crippen LogP contribution >= 0.6 is 11.3 Å². The molecule has 0 saturated carbocycles. The molecule has 3 nitrogen and oxygen atoms in total. The van der Waals surface area contributed by atoms with E-state index >= 15 is 0 Å². The van der Waals surface area contributed by atoms with Gasteiger partial charge in [-0.05, 0) is 60.5 Å². The Kier molecular flexibility index (Phi) is 4.41. The molecule has 0 aliphatic carbocycles. The predicted octanol–water partition coefficient (Wildman–Crippen LogP) is 3.19. The Hall–Kier alpha value is -0.870. The molecule has 0 radical (unpaired) electrons. The van der Waals surface area contributed by atoms with Crippen molar-refractivity contribution in [1.29, 1.82) is 0 Å². The first-order valence-corrected chi connectivity index (χ1v) is 8.79. The van der Waals surface area contributed by atoms with Crippen LogP contribution in [0.15, 0.2) is 16.8 Å². The molecule has 3 atom stereocenters. The first-order chi connectivity index (χ1) is 9.79. The van der Waals surface area contributed by atoms with Crippen LogP contribution in [0, 0.1) is 5.92 Å². The zero-order valence-corrected chi connectivity index (χ0v) is 13.0. The molecule has 3 unspecified atom stereocenters. The predicted molar refractivity (Wildman–Crippen MR) is 82.8 cm³/mol. The van der Waals surface area contributed by atoms with Gasteiger partial charge in [0.05, 0.1) is 12.1 Å². The highest BCUT2D eigenvalue weighted by molar-refractivity contribution is 7.07. The van der Waals surface area contributed by atoms with E-state index < -0.39 is 0 Å². The van der Waals surface area contributed by atoms with E-state index in [2.05, 4.69) is 34.0 Å². The first kappa shape index (κ1) is 14.1. The summed E-state index contributed by atoms with van der Waals surface area (Å²) in [6.07, 6.45) is 5.68. The zero-order chi connectivity index (χ0) is 13.9. The van der Waals surface area contributed by atoms with Crippen LogP contribution in [0.25, 0.3) is 0 Å². The van der Waals surface area contributed by atoms with E-state index in [1.54, 1.807) is 11.3 Å². The molecule has 1 aromatic heterocycles. The minimum atomic E-state index is 0.0490. The van der Waals surface area contributed by atoms with Crippen molar-refractivity contribution in [3.63, 3.8) is 0 Å². The van der Waals surface area contributed by atoms with E-state index in [4.69, 9.17) is 0 Å². The van der Waals surface area contributed by atoms with Crippen LogP contribution in [0.4, 0.5) is 0 Å². The van der Waals surface area contributed by atoms with Gasteiger partial charge in [0.1, 0.15) is 0 Å². The average Bonchev–Trinajstić information content (AvgIpc) is 3.16. The second kappa shape index (κ2) is 6.27. The van der Waals surface area contributed by atoms with Crippen LogP contribution in [0.3, 0.4) is 0 Å². The highest BCUT2D eigenvalue weighted by Crippen LogP contribution is 2.34. The molecule has 110 valence electrons. The number of hydrogen-bond donors (Lipinski definition) is 1. The van der Waals surface area contributed by atoms with Gasteiger partial charge in [-0.3, -0.25) is 4.79 Å². The fraction of sp³-hybridized carbons (Fsp3) is 0.688. The number of carbonyl (C=O) groups excluding carboxylic acids is 1. The summed E-state index contributed by atoms with van der Waals surface area (Å²) < 4.78 is 0. The van der Waals surface area contributed by atoms with Gasteiger partial charge in [-0.1, -0.05) is 13.3 Å². The summed E-state index contributed by atoms with van der Waals surface area (Å²) in [6, 6.07) is 2.54. The topological polar surface area (TPSA) is 32.3 Å². The largest absolute Gasteiger partial charge is 0.334 e. The van der Waals surface area contributed by atoms with Gasteiger partial charge in [0, 0.05) is 6.54 Å². The summed E-state index contributed by atoms with van der Waals surface area (Å²) in [7, 11) is 0. The van der Waals surface area contributed by atoms with E-state index in [1.165, 1.54) is 18.4 Å². The van der Waals surface area contributed by atoms with Gasteiger partial charge in [-0.2, -0.15) is 11.3 Å². The van der Waals surface area contributed by atoms with Crippen molar-refractivity contribution in [2.75, 3.05) is 13.1 Å². The first-order valence-electron chi connectivity index (χ1n) is 7.85. The Labute approximate surface area is 125 Å². The molecule has 2 aliphatic heterocycles. The fourth-order valence-corrected chi connectivity index (χ4v) is 4.30. The Morgan fingerprint density at radius 1 is 1.50 bits per heavy atom. The van der Waals surface area contributed by atoms with Gasteiger partial charge in [0.25, 0.3) is 0 Å². The quantitative estimate of drug-likeness (QED) is 0.928. The highest BCUT2D eigenvalue weighted by Gasteiger charge is 2.35. The Balaban J connectivity index is 1.69. The van der Waals surface area contributed by atoms with E-state index in [9.17, 15) is 4.79 Å². The molecule has 1 amide bonds. The average molecular weight is 292 g/mol. The lowest BCUT2D eigenvalue weighted by Crippen LogP contribution is -2.50. The Bertz CT molecular complexity index is 445. The van der Waals surface area contributed by atoms with Crippen LogP contribution in [0.2, 0.25) is 0 Å². The number of rotatable bonds is 3. The minimum Gasteiger partial charge on any atom is -0.334 e. The van der Waals surface area contributed by atoms with E-state index in [0.717, 1.165) is 32.4 Å². The monoisotopic (exact) mass is 292 g/mol. The van der Waals surface area contributed by atoms with Crippen LogP contribution in [-0.4, -0.2) is 29.9 Å². The van der Waals surface area contributed by atoms with Gasteiger partial charge in [-0.25, -0.2) is 0 Å². The summed E-state index contributed by atoms with van der Waals surface area (Å²) in [5.41, 5.74) is 1.32. The maximum Gasteiger partial charge on any atom is 0.240 e. The van der Waals surface area contributed by atoms with Crippen LogP contribution in [-0.2, 0) is 4.79 Å². The van der Waals surface area contributed by atoms with Gasteiger partial charge in [0.2, 0.25) is 5.91 Å². The lowest BCUT2D eigenvalue weighted by atomic mass is 9.89. The number of thiophene rings is 1. The molecule has 0 aromatic carbocycles. The fourth-order valence-electron chi connectivity index (χ4n) is 3.60. The molecule has 0 bridgehead atoms. The number of amides is 1. The molecule has 4 heteroatoms. The molecular weight excluding hydrogens is 268 g/mol. The number of hydrogen-bond acceptors (Lipinski definition) is 3. The summed E-state index contributed by atoms with van der Waals surface area (Å²) >= 11 is 1.73. The van der Waals surface area contributed by atoms with Crippen molar-refractivity contribution in [1.82, 2.24) is 10.2 Å². The minimum absolute atomic E-state index is 0.0490.